The van der Waals surface area contributed by atoms with Gasteiger partial charge in [-0.1, -0.05) is 42.5 Å². The molecule has 1 atom stereocenters. The maximum absolute atomic E-state index is 12.3. The minimum absolute atomic E-state index is 0.184. The monoisotopic (exact) mass is 359 g/mol. The molecule has 2 heterocycles. The van der Waals surface area contributed by atoms with Crippen LogP contribution in [-0.4, -0.2) is 19.2 Å². The van der Waals surface area contributed by atoms with Crippen LogP contribution >= 0.6 is 0 Å². The molecule has 0 radical (unpaired) electrons. The van der Waals surface area contributed by atoms with E-state index in [0.717, 1.165) is 16.6 Å². The predicted octanol–water partition coefficient (Wildman–Crippen LogP) is 2.86. The second-order valence-electron chi connectivity index (χ2n) is 6.87. The summed E-state index contributed by atoms with van der Waals surface area (Å²) < 4.78 is 3.37. The van der Waals surface area contributed by atoms with Gasteiger partial charge in [-0.05, 0) is 36.2 Å². The molecule has 0 saturated heterocycles. The average Bonchev–Trinajstić information content (AvgIpc) is 3.01. The van der Waals surface area contributed by atoms with Gasteiger partial charge in [0.05, 0.1) is 16.7 Å². The van der Waals surface area contributed by atoms with Gasteiger partial charge in [-0.15, -0.1) is 0 Å². The summed E-state index contributed by atoms with van der Waals surface area (Å²) in [5, 5.41) is 12.0. The molecule has 0 amide bonds. The molecular weight excluding hydrogens is 338 g/mol. The van der Waals surface area contributed by atoms with Crippen molar-refractivity contribution in [1.82, 2.24) is 14.1 Å². The molecule has 5 heteroatoms. The van der Waals surface area contributed by atoms with Crippen LogP contribution in [0.15, 0.2) is 71.5 Å². The molecule has 0 bridgehead atoms. The third-order valence-electron chi connectivity index (χ3n) is 5.11. The van der Waals surface area contributed by atoms with Gasteiger partial charge < -0.3 is 14.2 Å². The first-order chi connectivity index (χ1) is 12.9. The van der Waals surface area contributed by atoms with Crippen LogP contribution in [0.25, 0.3) is 11.0 Å². The van der Waals surface area contributed by atoms with Gasteiger partial charge in [-0.2, -0.15) is 0 Å². The van der Waals surface area contributed by atoms with Crippen LogP contribution in [0.2, 0.25) is 0 Å². The number of aromatic nitrogens is 3. The lowest BCUT2D eigenvalue weighted by molar-refractivity contribution is 0.104. The molecule has 0 aliphatic heterocycles. The highest BCUT2D eigenvalue weighted by Gasteiger charge is 2.40. The van der Waals surface area contributed by atoms with Crippen molar-refractivity contribution in [3.63, 3.8) is 0 Å². The molecule has 0 fully saturated rings. The molecule has 2 aromatic carbocycles. The third-order valence-corrected chi connectivity index (χ3v) is 5.11. The van der Waals surface area contributed by atoms with Gasteiger partial charge in [0.25, 0.3) is 5.56 Å². The van der Waals surface area contributed by atoms with Crippen LogP contribution in [0.3, 0.4) is 0 Å². The number of fused-ring (bicyclic) bond motifs is 1. The molecule has 0 spiro atoms. The topological polar surface area (TPSA) is 60.1 Å². The lowest BCUT2D eigenvalue weighted by Crippen LogP contribution is -2.37. The number of imidazole rings is 1. The molecule has 1 N–H and O–H groups in total. The molecular formula is C22H21N3O2. The van der Waals surface area contributed by atoms with E-state index in [-0.39, 0.29) is 5.56 Å². The van der Waals surface area contributed by atoms with Crippen molar-refractivity contribution in [2.24, 2.45) is 14.1 Å². The van der Waals surface area contributed by atoms with Crippen LogP contribution in [0.1, 0.15) is 22.6 Å². The van der Waals surface area contributed by atoms with Crippen molar-refractivity contribution in [1.29, 1.82) is 0 Å². The lowest BCUT2D eigenvalue weighted by atomic mass is 9.88. The molecule has 4 rings (SSSR count). The Kier molecular flexibility index (Phi) is 3.97. The second-order valence-corrected chi connectivity index (χ2v) is 6.87. The van der Waals surface area contributed by atoms with E-state index in [1.807, 2.05) is 67.1 Å². The SMILES string of the molecule is Cc1ccc2nc(C(O)(c3ccccc3)c3cccc(=O)n3C)n(C)c2c1. The fourth-order valence-electron chi connectivity index (χ4n) is 3.62. The third kappa shape index (κ3) is 2.59. The number of pyridine rings is 1. The quantitative estimate of drug-likeness (QED) is 0.612. The number of aryl methyl sites for hydroxylation is 2. The zero-order chi connectivity index (χ0) is 19.2. The van der Waals surface area contributed by atoms with Crippen LogP contribution < -0.4 is 5.56 Å². The molecule has 27 heavy (non-hydrogen) atoms. The zero-order valence-corrected chi connectivity index (χ0v) is 15.5. The minimum atomic E-state index is -1.57. The summed E-state index contributed by atoms with van der Waals surface area (Å²) in [5.74, 6) is 0.468. The molecule has 0 aliphatic rings. The van der Waals surface area contributed by atoms with Crippen LogP contribution in [0.4, 0.5) is 0 Å². The zero-order valence-electron chi connectivity index (χ0n) is 15.5. The van der Waals surface area contributed by atoms with E-state index in [4.69, 9.17) is 4.98 Å². The standard InChI is InChI=1S/C22H21N3O2/c1-15-12-13-17-18(14-15)24(2)21(23-17)22(27,16-8-5-4-6-9-16)19-10-7-11-20(26)25(19)3/h4-14,27H,1-3H3. The van der Waals surface area contributed by atoms with Crippen molar-refractivity contribution in [2.45, 2.75) is 12.5 Å². The van der Waals surface area contributed by atoms with E-state index in [0.29, 0.717) is 17.1 Å². The molecule has 136 valence electrons. The number of aliphatic hydroxyl groups is 1. The van der Waals surface area contributed by atoms with E-state index < -0.39 is 5.60 Å². The lowest BCUT2D eigenvalue weighted by Gasteiger charge is -2.30. The van der Waals surface area contributed by atoms with Crippen molar-refractivity contribution in [3.05, 3.63) is 99.7 Å². The number of nitrogens with zero attached hydrogens (tertiary/aromatic N) is 3. The number of benzene rings is 2. The average molecular weight is 359 g/mol. The number of hydrogen-bond donors (Lipinski definition) is 1. The van der Waals surface area contributed by atoms with E-state index in [1.54, 1.807) is 19.2 Å². The summed E-state index contributed by atoms with van der Waals surface area (Å²) in [4.78, 5) is 17.0. The Balaban J connectivity index is 2.10. The first-order valence-electron chi connectivity index (χ1n) is 8.81. The molecule has 1 unspecified atom stereocenters. The Labute approximate surface area is 157 Å². The van der Waals surface area contributed by atoms with Crippen molar-refractivity contribution < 1.29 is 5.11 Å². The van der Waals surface area contributed by atoms with Crippen LogP contribution in [0.5, 0.6) is 0 Å². The highest BCUT2D eigenvalue weighted by molar-refractivity contribution is 5.77. The second kappa shape index (κ2) is 6.21. The molecule has 4 aromatic rings. The Morgan fingerprint density at radius 2 is 1.67 bits per heavy atom. The summed E-state index contributed by atoms with van der Waals surface area (Å²) in [7, 11) is 3.55. The highest BCUT2D eigenvalue weighted by atomic mass is 16.3. The summed E-state index contributed by atoms with van der Waals surface area (Å²) in [6.45, 7) is 2.02. The molecule has 0 saturated carbocycles. The molecule has 5 nitrogen and oxygen atoms in total. The Morgan fingerprint density at radius 1 is 0.926 bits per heavy atom. The van der Waals surface area contributed by atoms with Gasteiger partial charge in [0.2, 0.25) is 0 Å². The summed E-state index contributed by atoms with van der Waals surface area (Å²) in [6.07, 6.45) is 0. The normalized spacial score (nSPS) is 13.6. The summed E-state index contributed by atoms with van der Waals surface area (Å²) in [5.41, 5.74) is 2.22. The Hall–Kier alpha value is -3.18. The van der Waals surface area contributed by atoms with Gasteiger partial charge in [-0.3, -0.25) is 4.79 Å². The van der Waals surface area contributed by atoms with E-state index in [9.17, 15) is 9.90 Å². The van der Waals surface area contributed by atoms with Crippen molar-refractivity contribution >= 4 is 11.0 Å². The van der Waals surface area contributed by atoms with Gasteiger partial charge in [-0.25, -0.2) is 4.98 Å². The smallest absolute Gasteiger partial charge is 0.250 e. The fraction of sp³-hybridized carbons (Fsp3) is 0.182. The van der Waals surface area contributed by atoms with Gasteiger partial charge in [0, 0.05) is 20.2 Å². The van der Waals surface area contributed by atoms with E-state index >= 15 is 0 Å². The fourth-order valence-corrected chi connectivity index (χ4v) is 3.62. The van der Waals surface area contributed by atoms with E-state index in [1.165, 1.54) is 10.6 Å². The van der Waals surface area contributed by atoms with Crippen LogP contribution in [-0.2, 0) is 19.7 Å². The summed E-state index contributed by atoms with van der Waals surface area (Å²) in [6, 6.07) is 20.2. The maximum atomic E-state index is 12.3. The maximum Gasteiger partial charge on any atom is 0.250 e. The number of rotatable bonds is 3. The number of hydrogen-bond acceptors (Lipinski definition) is 3. The van der Waals surface area contributed by atoms with Crippen molar-refractivity contribution in [3.8, 4) is 0 Å². The largest absolute Gasteiger partial charge is 0.372 e. The Bertz CT molecular complexity index is 1190. The predicted molar refractivity (Wildman–Crippen MR) is 106 cm³/mol. The minimum Gasteiger partial charge on any atom is -0.372 e. The first-order valence-corrected chi connectivity index (χ1v) is 8.81. The highest BCUT2D eigenvalue weighted by Crippen LogP contribution is 2.36. The van der Waals surface area contributed by atoms with Crippen molar-refractivity contribution in [2.75, 3.05) is 0 Å². The Morgan fingerprint density at radius 3 is 2.41 bits per heavy atom. The van der Waals surface area contributed by atoms with Gasteiger partial charge in [0.1, 0.15) is 0 Å². The molecule has 2 aromatic heterocycles. The summed E-state index contributed by atoms with van der Waals surface area (Å²) >= 11 is 0. The van der Waals surface area contributed by atoms with Gasteiger partial charge in [0.15, 0.2) is 11.4 Å². The van der Waals surface area contributed by atoms with Crippen LogP contribution in [0, 0.1) is 6.92 Å². The molecule has 0 aliphatic carbocycles. The van der Waals surface area contributed by atoms with Gasteiger partial charge >= 0.3 is 0 Å². The van der Waals surface area contributed by atoms with E-state index in [2.05, 4.69) is 0 Å². The first kappa shape index (κ1) is 17.2.